The number of nitriles is 1. The van der Waals surface area contributed by atoms with Gasteiger partial charge in [-0.3, -0.25) is 0 Å². The first-order valence-corrected chi connectivity index (χ1v) is 4.64. The van der Waals surface area contributed by atoms with Gasteiger partial charge in [0.1, 0.15) is 12.4 Å². The summed E-state index contributed by atoms with van der Waals surface area (Å²) in [7, 11) is 0. The van der Waals surface area contributed by atoms with Crippen molar-refractivity contribution in [2.45, 2.75) is 6.61 Å². The quantitative estimate of drug-likeness (QED) is 0.794. The molecule has 0 bridgehead atoms. The van der Waals surface area contributed by atoms with Gasteiger partial charge in [0.05, 0.1) is 17.9 Å². The van der Waals surface area contributed by atoms with Gasteiger partial charge in [-0.1, -0.05) is 0 Å². The molecule has 2 rings (SSSR count). The fourth-order valence-electron chi connectivity index (χ4n) is 1.23. The van der Waals surface area contributed by atoms with Gasteiger partial charge in [-0.15, -0.1) is 0 Å². The van der Waals surface area contributed by atoms with Crippen molar-refractivity contribution in [2.75, 3.05) is 0 Å². The van der Waals surface area contributed by atoms with Crippen LogP contribution in [0.1, 0.15) is 11.3 Å². The van der Waals surface area contributed by atoms with Gasteiger partial charge in [0.2, 0.25) is 0 Å². The van der Waals surface area contributed by atoms with Crippen molar-refractivity contribution in [3.63, 3.8) is 0 Å². The summed E-state index contributed by atoms with van der Waals surface area (Å²) in [6.45, 7) is 0.163. The molecular weight excluding hydrogens is 209 g/mol. The van der Waals surface area contributed by atoms with Crippen molar-refractivity contribution < 1.29 is 13.5 Å². The Morgan fingerprint density at radius 1 is 1.38 bits per heavy atom. The zero-order chi connectivity index (χ0) is 11.4. The number of nitrogens with zero attached hydrogens (tertiary/aromatic N) is 1. The minimum Gasteiger partial charge on any atom is -0.483 e. The highest BCUT2D eigenvalue weighted by Crippen LogP contribution is 2.19. The first-order valence-electron chi connectivity index (χ1n) is 4.64. The standard InChI is InChI=1S/C12H8FNO2/c13-11-6-9(7-14)3-4-12(11)16-8-10-2-1-5-15-10/h1-6H,8H2. The minimum atomic E-state index is -0.550. The van der Waals surface area contributed by atoms with E-state index in [1.807, 2.05) is 6.07 Å². The van der Waals surface area contributed by atoms with Gasteiger partial charge in [0.25, 0.3) is 0 Å². The van der Waals surface area contributed by atoms with Gasteiger partial charge >= 0.3 is 0 Å². The summed E-state index contributed by atoms with van der Waals surface area (Å²) in [6.07, 6.45) is 1.52. The molecule has 3 nitrogen and oxygen atoms in total. The van der Waals surface area contributed by atoms with Crippen LogP contribution in [0.4, 0.5) is 4.39 Å². The summed E-state index contributed by atoms with van der Waals surface area (Å²) in [6, 6.07) is 9.38. The van der Waals surface area contributed by atoms with Crippen LogP contribution in [0.2, 0.25) is 0 Å². The molecule has 1 aromatic heterocycles. The lowest BCUT2D eigenvalue weighted by Gasteiger charge is -2.05. The van der Waals surface area contributed by atoms with E-state index in [0.717, 1.165) is 6.07 Å². The SMILES string of the molecule is N#Cc1ccc(OCc2ccco2)c(F)c1. The third-order valence-corrected chi connectivity index (χ3v) is 2.01. The maximum Gasteiger partial charge on any atom is 0.166 e. The Labute approximate surface area is 91.7 Å². The monoisotopic (exact) mass is 217 g/mol. The van der Waals surface area contributed by atoms with Gasteiger partial charge in [0, 0.05) is 0 Å². The maximum absolute atomic E-state index is 13.4. The minimum absolute atomic E-state index is 0.107. The molecule has 0 aliphatic rings. The molecule has 0 N–H and O–H groups in total. The fraction of sp³-hybridized carbons (Fsp3) is 0.0833. The van der Waals surface area contributed by atoms with Crippen LogP contribution in [-0.2, 0) is 6.61 Å². The van der Waals surface area contributed by atoms with Crippen LogP contribution >= 0.6 is 0 Å². The molecule has 0 saturated heterocycles. The number of hydrogen-bond donors (Lipinski definition) is 0. The first kappa shape index (κ1) is 10.2. The van der Waals surface area contributed by atoms with E-state index < -0.39 is 5.82 Å². The van der Waals surface area contributed by atoms with E-state index in [0.29, 0.717) is 5.76 Å². The number of benzene rings is 1. The molecular formula is C12H8FNO2. The van der Waals surface area contributed by atoms with E-state index in [9.17, 15) is 4.39 Å². The van der Waals surface area contributed by atoms with Crippen molar-refractivity contribution in [3.8, 4) is 11.8 Å². The predicted octanol–water partition coefficient (Wildman–Crippen LogP) is 2.87. The Morgan fingerprint density at radius 3 is 2.88 bits per heavy atom. The smallest absolute Gasteiger partial charge is 0.166 e. The van der Waals surface area contributed by atoms with Crippen molar-refractivity contribution in [3.05, 3.63) is 53.7 Å². The van der Waals surface area contributed by atoms with Gasteiger partial charge in [0.15, 0.2) is 11.6 Å². The average Bonchev–Trinajstić information content (AvgIpc) is 2.80. The van der Waals surface area contributed by atoms with Crippen molar-refractivity contribution >= 4 is 0 Å². The van der Waals surface area contributed by atoms with Gasteiger partial charge in [-0.05, 0) is 30.3 Å². The molecule has 0 atom stereocenters. The largest absolute Gasteiger partial charge is 0.483 e. The highest BCUT2D eigenvalue weighted by molar-refractivity contribution is 5.36. The number of ether oxygens (including phenoxy) is 1. The molecule has 1 heterocycles. The zero-order valence-electron chi connectivity index (χ0n) is 8.31. The summed E-state index contributed by atoms with van der Waals surface area (Å²) in [5.41, 5.74) is 0.267. The Bertz CT molecular complexity index is 514. The van der Waals surface area contributed by atoms with Crippen molar-refractivity contribution in [1.82, 2.24) is 0 Å². The number of furan rings is 1. The van der Waals surface area contributed by atoms with E-state index in [-0.39, 0.29) is 17.9 Å². The molecule has 0 aliphatic carbocycles. The van der Waals surface area contributed by atoms with Crippen LogP contribution in [-0.4, -0.2) is 0 Å². The predicted molar refractivity (Wildman–Crippen MR) is 54.2 cm³/mol. The summed E-state index contributed by atoms with van der Waals surface area (Å²) >= 11 is 0. The van der Waals surface area contributed by atoms with E-state index >= 15 is 0 Å². The van der Waals surface area contributed by atoms with Gasteiger partial charge in [-0.2, -0.15) is 5.26 Å². The number of halogens is 1. The maximum atomic E-state index is 13.4. The summed E-state index contributed by atoms with van der Waals surface area (Å²) in [4.78, 5) is 0. The van der Waals surface area contributed by atoms with Crippen LogP contribution in [0.15, 0.2) is 41.0 Å². The highest BCUT2D eigenvalue weighted by atomic mass is 19.1. The molecule has 0 fully saturated rings. The molecule has 4 heteroatoms. The zero-order valence-corrected chi connectivity index (χ0v) is 8.31. The third-order valence-electron chi connectivity index (χ3n) is 2.01. The molecule has 0 radical (unpaired) electrons. The van der Waals surface area contributed by atoms with Crippen LogP contribution in [0.3, 0.4) is 0 Å². The lowest BCUT2D eigenvalue weighted by molar-refractivity contribution is 0.258. The average molecular weight is 217 g/mol. The molecule has 2 aromatic rings. The molecule has 1 aromatic carbocycles. The van der Waals surface area contributed by atoms with Gasteiger partial charge in [-0.25, -0.2) is 4.39 Å². The summed E-state index contributed by atoms with van der Waals surface area (Å²) in [5, 5.41) is 8.56. The molecule has 0 spiro atoms. The molecule has 80 valence electrons. The first-order chi connectivity index (χ1) is 7.79. The summed E-state index contributed by atoms with van der Waals surface area (Å²) in [5.74, 6) is 0.171. The van der Waals surface area contributed by atoms with Crippen LogP contribution in [0.25, 0.3) is 0 Å². The topological polar surface area (TPSA) is 46.2 Å². The molecule has 0 aliphatic heterocycles. The van der Waals surface area contributed by atoms with Crippen LogP contribution in [0.5, 0.6) is 5.75 Å². The van der Waals surface area contributed by atoms with Crippen LogP contribution < -0.4 is 4.74 Å². The second-order valence-corrected chi connectivity index (χ2v) is 3.13. The summed E-state index contributed by atoms with van der Waals surface area (Å²) < 4.78 is 23.6. The van der Waals surface area contributed by atoms with E-state index in [4.69, 9.17) is 14.4 Å². The van der Waals surface area contributed by atoms with E-state index in [1.54, 1.807) is 12.1 Å². The third kappa shape index (κ3) is 2.20. The second kappa shape index (κ2) is 4.49. The number of rotatable bonds is 3. The van der Waals surface area contributed by atoms with Crippen molar-refractivity contribution in [1.29, 1.82) is 5.26 Å². The molecule has 16 heavy (non-hydrogen) atoms. The highest BCUT2D eigenvalue weighted by Gasteiger charge is 2.05. The van der Waals surface area contributed by atoms with Crippen molar-refractivity contribution in [2.24, 2.45) is 0 Å². The number of hydrogen-bond acceptors (Lipinski definition) is 3. The Morgan fingerprint density at radius 2 is 2.25 bits per heavy atom. The Balaban J connectivity index is 2.08. The second-order valence-electron chi connectivity index (χ2n) is 3.13. The van der Waals surface area contributed by atoms with Gasteiger partial charge < -0.3 is 9.15 Å². The lowest BCUT2D eigenvalue weighted by atomic mass is 10.2. The molecule has 0 saturated carbocycles. The molecule has 0 unspecified atom stereocenters. The molecule has 0 amide bonds. The Kier molecular flexibility index (Phi) is 2.88. The van der Waals surface area contributed by atoms with E-state index in [2.05, 4.69) is 0 Å². The lowest BCUT2D eigenvalue weighted by Crippen LogP contribution is -1.96. The Hall–Kier alpha value is -2.28. The normalized spacial score (nSPS) is 9.75. The van der Waals surface area contributed by atoms with Crippen LogP contribution in [0, 0.1) is 17.1 Å². The van der Waals surface area contributed by atoms with E-state index in [1.165, 1.54) is 18.4 Å². The fourth-order valence-corrected chi connectivity index (χ4v) is 1.23.